The smallest absolute Gasteiger partial charge is 0.330 e. The molecule has 0 saturated carbocycles. The van der Waals surface area contributed by atoms with E-state index in [1.54, 1.807) is 0 Å². The minimum atomic E-state index is -0.677. The van der Waals surface area contributed by atoms with Crippen LogP contribution < -0.4 is 21.9 Å². The van der Waals surface area contributed by atoms with Crippen LogP contribution in [0.5, 0.6) is 0 Å². The Balaban J connectivity index is 1.86. The Kier molecular flexibility index (Phi) is 8.03. The number of nitrogens with two attached hydrogens (primary N) is 1. The molecule has 0 unspecified atom stereocenters. The van der Waals surface area contributed by atoms with Gasteiger partial charge in [0.25, 0.3) is 5.56 Å². The van der Waals surface area contributed by atoms with Crippen molar-refractivity contribution in [3.63, 3.8) is 0 Å². The Morgan fingerprint density at radius 1 is 0.865 bits per heavy atom. The van der Waals surface area contributed by atoms with E-state index in [9.17, 15) is 14.4 Å². The molecule has 190 valence electrons. The van der Waals surface area contributed by atoms with Crippen LogP contribution in [0.2, 0.25) is 0 Å². The molecule has 0 aliphatic carbocycles. The van der Waals surface area contributed by atoms with Gasteiger partial charge in [-0.05, 0) is 29.0 Å². The van der Waals surface area contributed by atoms with Gasteiger partial charge >= 0.3 is 5.69 Å². The summed E-state index contributed by atoms with van der Waals surface area (Å²) >= 11 is 0. The van der Waals surface area contributed by atoms with Crippen molar-refractivity contribution in [3.05, 3.63) is 129 Å². The Labute approximate surface area is 216 Å². The summed E-state index contributed by atoms with van der Waals surface area (Å²) in [6.45, 7) is 4.56. The molecule has 0 saturated heterocycles. The number of amides is 1. The number of rotatable bonds is 9. The van der Waals surface area contributed by atoms with Gasteiger partial charge in [0.05, 0.1) is 12.5 Å². The van der Waals surface area contributed by atoms with E-state index in [1.165, 1.54) is 9.47 Å². The zero-order chi connectivity index (χ0) is 26.4. The zero-order valence-corrected chi connectivity index (χ0v) is 21.1. The van der Waals surface area contributed by atoms with Gasteiger partial charge < -0.3 is 10.6 Å². The molecule has 0 bridgehead atoms. The number of aromatic nitrogens is 2. The molecule has 0 aliphatic heterocycles. The molecule has 4 aromatic rings. The van der Waals surface area contributed by atoms with E-state index in [-0.39, 0.29) is 36.4 Å². The molecule has 1 amide bonds. The monoisotopic (exact) mass is 496 g/mol. The van der Waals surface area contributed by atoms with Crippen LogP contribution in [0, 0.1) is 5.92 Å². The highest BCUT2D eigenvalue weighted by Crippen LogP contribution is 2.30. The van der Waals surface area contributed by atoms with E-state index in [1.807, 2.05) is 91.0 Å². The van der Waals surface area contributed by atoms with Gasteiger partial charge in [-0.2, -0.15) is 0 Å². The summed E-state index contributed by atoms with van der Waals surface area (Å²) < 4.78 is 1.31. The van der Waals surface area contributed by atoms with Gasteiger partial charge in [0.15, 0.2) is 5.69 Å². The van der Waals surface area contributed by atoms with E-state index in [0.29, 0.717) is 6.42 Å². The van der Waals surface area contributed by atoms with Crippen molar-refractivity contribution in [2.45, 2.75) is 32.7 Å². The fraction of sp³-hybridized carbons (Fsp3) is 0.233. The number of H-pyrrole nitrogens is 1. The molecule has 37 heavy (non-hydrogen) atoms. The van der Waals surface area contributed by atoms with Crippen molar-refractivity contribution in [2.24, 2.45) is 5.92 Å². The number of benzene rings is 3. The first-order valence-corrected chi connectivity index (χ1v) is 12.4. The number of hydrogen-bond donors (Lipinski definition) is 2. The van der Waals surface area contributed by atoms with Gasteiger partial charge in [-0.15, -0.1) is 0 Å². The summed E-state index contributed by atoms with van der Waals surface area (Å²) in [5.74, 6) is -0.685. The molecule has 0 spiro atoms. The average molecular weight is 497 g/mol. The van der Waals surface area contributed by atoms with Crippen LogP contribution in [-0.4, -0.2) is 22.0 Å². The maximum Gasteiger partial charge on any atom is 0.330 e. The second kappa shape index (κ2) is 11.6. The Bertz CT molecular complexity index is 1410. The van der Waals surface area contributed by atoms with Crippen molar-refractivity contribution in [1.82, 2.24) is 9.55 Å². The number of carbonyl (C=O) groups is 1. The third-order valence-corrected chi connectivity index (χ3v) is 6.38. The van der Waals surface area contributed by atoms with Crippen molar-refractivity contribution in [1.29, 1.82) is 0 Å². The van der Waals surface area contributed by atoms with Crippen molar-refractivity contribution in [2.75, 3.05) is 17.2 Å². The Morgan fingerprint density at radius 2 is 1.38 bits per heavy atom. The summed E-state index contributed by atoms with van der Waals surface area (Å²) in [5.41, 5.74) is 7.67. The third kappa shape index (κ3) is 5.89. The maximum atomic E-state index is 14.3. The number of nitrogens with one attached hydrogen (secondary N) is 1. The van der Waals surface area contributed by atoms with Gasteiger partial charge in [-0.1, -0.05) is 105 Å². The van der Waals surface area contributed by atoms with Crippen LogP contribution in [0.3, 0.4) is 0 Å². The van der Waals surface area contributed by atoms with Gasteiger partial charge in [-0.3, -0.25) is 19.1 Å². The lowest BCUT2D eigenvalue weighted by Crippen LogP contribution is -2.44. The molecular weight excluding hydrogens is 464 g/mol. The number of nitrogens with zero attached hydrogens (tertiary/aromatic N) is 2. The molecule has 7 nitrogen and oxygen atoms in total. The van der Waals surface area contributed by atoms with Gasteiger partial charge in [-0.25, -0.2) is 4.79 Å². The lowest BCUT2D eigenvalue weighted by molar-refractivity contribution is -0.119. The van der Waals surface area contributed by atoms with E-state index in [4.69, 9.17) is 5.73 Å². The Morgan fingerprint density at radius 3 is 1.89 bits per heavy atom. The minimum Gasteiger partial charge on any atom is -0.383 e. The number of hydrogen-bond acceptors (Lipinski definition) is 4. The molecule has 3 N–H and O–H groups in total. The zero-order valence-electron chi connectivity index (χ0n) is 21.1. The second-order valence-electron chi connectivity index (χ2n) is 9.49. The first kappa shape index (κ1) is 25.7. The van der Waals surface area contributed by atoms with Crippen molar-refractivity contribution < 1.29 is 4.79 Å². The van der Waals surface area contributed by atoms with Crippen LogP contribution in [0.15, 0.2) is 101 Å². The molecule has 1 aromatic heterocycles. The molecule has 4 rings (SSSR count). The molecule has 0 atom stereocenters. The Hall–Kier alpha value is -4.39. The summed E-state index contributed by atoms with van der Waals surface area (Å²) in [4.78, 5) is 44.2. The lowest BCUT2D eigenvalue weighted by atomic mass is 9.89. The number of anilines is 2. The standard InChI is InChI=1S/C30H32N4O3/c1-21(2)18-19-33(29(36)25(23-14-8-4-9-15-23)24-16-10-5-11-17-24)26-27(31)34(30(37)32-28(26)35)20-22-12-6-3-7-13-22/h3-17,21,25H,18-20,31H2,1-2H3,(H,32,35,37). The van der Waals surface area contributed by atoms with Gasteiger partial charge in [0.1, 0.15) is 5.82 Å². The summed E-state index contributed by atoms with van der Waals surface area (Å²) in [7, 11) is 0. The minimum absolute atomic E-state index is 0.00181. The van der Waals surface area contributed by atoms with Gasteiger partial charge in [0.2, 0.25) is 5.91 Å². The lowest BCUT2D eigenvalue weighted by Gasteiger charge is -2.29. The second-order valence-corrected chi connectivity index (χ2v) is 9.49. The molecular formula is C30H32N4O3. The van der Waals surface area contributed by atoms with E-state index in [0.717, 1.165) is 16.7 Å². The number of aromatic amines is 1. The quantitative estimate of drug-likeness (QED) is 0.359. The normalized spacial score (nSPS) is 11.1. The fourth-order valence-corrected chi connectivity index (χ4v) is 4.41. The number of carbonyl (C=O) groups excluding carboxylic acids is 1. The third-order valence-electron chi connectivity index (χ3n) is 6.38. The maximum absolute atomic E-state index is 14.3. The summed E-state index contributed by atoms with van der Waals surface area (Å²) in [6.07, 6.45) is 0.652. The van der Waals surface area contributed by atoms with Crippen molar-refractivity contribution in [3.8, 4) is 0 Å². The van der Waals surface area contributed by atoms with Crippen LogP contribution in [-0.2, 0) is 11.3 Å². The van der Waals surface area contributed by atoms with Crippen LogP contribution in [0.1, 0.15) is 42.9 Å². The topological polar surface area (TPSA) is 101 Å². The summed E-state index contributed by atoms with van der Waals surface area (Å²) in [5, 5.41) is 0. The van der Waals surface area contributed by atoms with Crippen LogP contribution >= 0.6 is 0 Å². The molecule has 3 aromatic carbocycles. The summed E-state index contributed by atoms with van der Waals surface area (Å²) in [6, 6.07) is 28.3. The average Bonchev–Trinajstić information content (AvgIpc) is 2.90. The predicted octanol–water partition coefficient (Wildman–Crippen LogP) is 4.38. The number of nitrogen functional groups attached to an aromatic ring is 1. The SMILES string of the molecule is CC(C)CCN(C(=O)C(c1ccccc1)c1ccccc1)c1c(N)n(Cc2ccccc2)c(=O)[nH]c1=O. The highest BCUT2D eigenvalue weighted by molar-refractivity contribution is 6.01. The van der Waals surface area contributed by atoms with Crippen LogP contribution in [0.25, 0.3) is 0 Å². The highest BCUT2D eigenvalue weighted by Gasteiger charge is 2.32. The first-order chi connectivity index (χ1) is 17.9. The predicted molar refractivity (Wildman–Crippen MR) is 148 cm³/mol. The van der Waals surface area contributed by atoms with E-state index >= 15 is 0 Å². The molecule has 0 radical (unpaired) electrons. The van der Waals surface area contributed by atoms with Crippen LogP contribution in [0.4, 0.5) is 11.5 Å². The fourth-order valence-electron chi connectivity index (χ4n) is 4.41. The van der Waals surface area contributed by atoms with E-state index < -0.39 is 17.2 Å². The molecule has 0 aliphatic rings. The molecule has 0 fully saturated rings. The molecule has 7 heteroatoms. The highest BCUT2D eigenvalue weighted by atomic mass is 16.2. The first-order valence-electron chi connectivity index (χ1n) is 12.4. The van der Waals surface area contributed by atoms with Crippen molar-refractivity contribution >= 4 is 17.4 Å². The van der Waals surface area contributed by atoms with E-state index in [2.05, 4.69) is 18.8 Å². The molecule has 1 heterocycles. The van der Waals surface area contributed by atoms with Gasteiger partial charge in [0, 0.05) is 6.54 Å². The largest absolute Gasteiger partial charge is 0.383 e.